The van der Waals surface area contributed by atoms with Crippen molar-refractivity contribution in [3.8, 4) is 11.5 Å². The monoisotopic (exact) mass is 363 g/mol. The van der Waals surface area contributed by atoms with E-state index in [0.717, 1.165) is 0 Å². The first-order chi connectivity index (χ1) is 10.8. The van der Waals surface area contributed by atoms with E-state index in [1.807, 2.05) is 13.8 Å². The van der Waals surface area contributed by atoms with Crippen LogP contribution in [-0.2, 0) is 20.3 Å². The second-order valence-corrected chi connectivity index (χ2v) is 7.35. The van der Waals surface area contributed by atoms with E-state index in [-0.39, 0.29) is 29.4 Å². The van der Waals surface area contributed by atoms with Crippen LogP contribution < -0.4 is 9.47 Å². The maximum atomic E-state index is 12.1. The molecule has 0 saturated heterocycles. The fraction of sp³-hybridized carbons (Fsp3) is 0.533. The van der Waals surface area contributed by atoms with Gasteiger partial charge < -0.3 is 14.4 Å². The summed E-state index contributed by atoms with van der Waals surface area (Å²) >= 11 is 0. The molecule has 0 unspecified atom stereocenters. The molecule has 0 fully saturated rings. The standard InChI is InChI=1S/C15H22ClNO5S/c1-5-17(6-2)15(18)8-7-11-9-12(21-3)13(22-4)10-14(11)23(16,19)20/h9-10H,5-8H2,1-4H3. The van der Waals surface area contributed by atoms with Crippen molar-refractivity contribution in [3.05, 3.63) is 17.7 Å². The van der Waals surface area contributed by atoms with Gasteiger partial charge in [0.25, 0.3) is 9.05 Å². The number of hydrogen-bond acceptors (Lipinski definition) is 5. The molecule has 1 amide bonds. The minimum Gasteiger partial charge on any atom is -0.493 e. The Morgan fingerprint density at radius 2 is 1.65 bits per heavy atom. The van der Waals surface area contributed by atoms with Crippen LogP contribution in [0, 0.1) is 0 Å². The highest BCUT2D eigenvalue weighted by atomic mass is 35.7. The van der Waals surface area contributed by atoms with Crippen LogP contribution >= 0.6 is 10.7 Å². The van der Waals surface area contributed by atoms with Crippen LogP contribution in [0.4, 0.5) is 0 Å². The van der Waals surface area contributed by atoms with Gasteiger partial charge in [0.05, 0.1) is 19.1 Å². The van der Waals surface area contributed by atoms with Crippen LogP contribution in [0.15, 0.2) is 17.0 Å². The second kappa shape index (κ2) is 8.40. The first kappa shape index (κ1) is 19.6. The highest BCUT2D eigenvalue weighted by molar-refractivity contribution is 8.13. The molecule has 1 rings (SSSR count). The number of rotatable bonds is 8. The van der Waals surface area contributed by atoms with Crippen molar-refractivity contribution >= 4 is 25.6 Å². The number of benzene rings is 1. The zero-order chi connectivity index (χ0) is 17.6. The average molecular weight is 364 g/mol. The molecule has 23 heavy (non-hydrogen) atoms. The number of methoxy groups -OCH3 is 2. The number of halogens is 1. The molecule has 8 heteroatoms. The van der Waals surface area contributed by atoms with Gasteiger partial charge in [-0.2, -0.15) is 0 Å². The summed E-state index contributed by atoms with van der Waals surface area (Å²) in [5, 5.41) is 0. The van der Waals surface area contributed by atoms with Crippen LogP contribution in [0.2, 0.25) is 0 Å². The summed E-state index contributed by atoms with van der Waals surface area (Å²) in [7, 11) is 4.41. The van der Waals surface area contributed by atoms with Crippen molar-refractivity contribution in [2.75, 3.05) is 27.3 Å². The fourth-order valence-corrected chi connectivity index (χ4v) is 3.45. The Morgan fingerprint density at radius 1 is 1.13 bits per heavy atom. The molecular formula is C15H22ClNO5S. The van der Waals surface area contributed by atoms with Crippen molar-refractivity contribution in [1.82, 2.24) is 4.90 Å². The predicted molar refractivity (Wildman–Crippen MR) is 88.8 cm³/mol. The summed E-state index contributed by atoms with van der Waals surface area (Å²) in [5.74, 6) is 0.620. The summed E-state index contributed by atoms with van der Waals surface area (Å²) in [6, 6.07) is 2.86. The predicted octanol–water partition coefficient (Wildman–Crippen LogP) is 2.43. The molecule has 0 aliphatic heterocycles. The van der Waals surface area contributed by atoms with Gasteiger partial charge in [-0.3, -0.25) is 4.79 Å². The highest BCUT2D eigenvalue weighted by Gasteiger charge is 2.21. The van der Waals surface area contributed by atoms with Crippen molar-refractivity contribution < 1.29 is 22.7 Å². The van der Waals surface area contributed by atoms with Crippen LogP contribution in [0.1, 0.15) is 25.8 Å². The lowest BCUT2D eigenvalue weighted by Crippen LogP contribution is -2.30. The third kappa shape index (κ3) is 5.00. The Labute approximate surface area is 141 Å². The molecular weight excluding hydrogens is 342 g/mol. The molecule has 1 aromatic rings. The lowest BCUT2D eigenvalue weighted by Gasteiger charge is -2.19. The van der Waals surface area contributed by atoms with E-state index >= 15 is 0 Å². The van der Waals surface area contributed by atoms with Crippen molar-refractivity contribution in [2.24, 2.45) is 0 Å². The van der Waals surface area contributed by atoms with Crippen molar-refractivity contribution in [1.29, 1.82) is 0 Å². The van der Waals surface area contributed by atoms with E-state index in [1.165, 1.54) is 20.3 Å². The number of carbonyl (C=O) groups excluding carboxylic acids is 1. The van der Waals surface area contributed by atoms with E-state index in [4.69, 9.17) is 20.2 Å². The summed E-state index contributed by atoms with van der Waals surface area (Å²) < 4.78 is 33.9. The van der Waals surface area contributed by atoms with Gasteiger partial charge in [-0.05, 0) is 31.9 Å². The van der Waals surface area contributed by atoms with Gasteiger partial charge in [0.2, 0.25) is 5.91 Å². The van der Waals surface area contributed by atoms with Gasteiger partial charge in [0, 0.05) is 36.3 Å². The minimum atomic E-state index is -3.96. The van der Waals surface area contributed by atoms with Crippen molar-refractivity contribution in [2.45, 2.75) is 31.6 Å². The molecule has 0 aliphatic carbocycles. The molecule has 0 heterocycles. The average Bonchev–Trinajstić information content (AvgIpc) is 2.52. The zero-order valence-corrected chi connectivity index (χ0v) is 15.3. The maximum absolute atomic E-state index is 12.1. The topological polar surface area (TPSA) is 72.9 Å². The molecule has 0 aliphatic rings. The SMILES string of the molecule is CCN(CC)C(=O)CCc1cc(OC)c(OC)cc1S(=O)(=O)Cl. The van der Waals surface area contributed by atoms with E-state index in [0.29, 0.717) is 24.4 Å². The number of amides is 1. The summed E-state index contributed by atoms with van der Waals surface area (Å²) in [6.07, 6.45) is 0.438. The highest BCUT2D eigenvalue weighted by Crippen LogP contribution is 2.34. The smallest absolute Gasteiger partial charge is 0.261 e. The molecule has 0 saturated carbocycles. The molecule has 0 spiro atoms. The lowest BCUT2D eigenvalue weighted by molar-refractivity contribution is -0.130. The molecule has 6 nitrogen and oxygen atoms in total. The van der Waals surface area contributed by atoms with E-state index < -0.39 is 9.05 Å². The van der Waals surface area contributed by atoms with Gasteiger partial charge in [0.1, 0.15) is 0 Å². The van der Waals surface area contributed by atoms with Gasteiger partial charge in [-0.1, -0.05) is 0 Å². The van der Waals surface area contributed by atoms with Gasteiger partial charge in [0.15, 0.2) is 11.5 Å². The summed E-state index contributed by atoms with van der Waals surface area (Å²) in [5.41, 5.74) is 0.429. The van der Waals surface area contributed by atoms with Crippen LogP contribution in [0.3, 0.4) is 0 Å². The van der Waals surface area contributed by atoms with Crippen LogP contribution in [0.5, 0.6) is 11.5 Å². The van der Waals surface area contributed by atoms with E-state index in [2.05, 4.69) is 0 Å². The molecule has 0 bridgehead atoms. The Kier molecular flexibility index (Phi) is 7.15. The number of aryl methyl sites for hydroxylation is 1. The lowest BCUT2D eigenvalue weighted by atomic mass is 10.1. The molecule has 0 aromatic heterocycles. The number of nitrogens with zero attached hydrogens (tertiary/aromatic N) is 1. The summed E-state index contributed by atoms with van der Waals surface area (Å²) in [4.78, 5) is 13.7. The second-order valence-electron chi connectivity index (χ2n) is 4.82. The van der Waals surface area contributed by atoms with Crippen LogP contribution in [-0.4, -0.2) is 46.5 Å². The van der Waals surface area contributed by atoms with E-state index in [9.17, 15) is 13.2 Å². The molecule has 1 aromatic carbocycles. The Bertz CT molecular complexity index is 656. The number of hydrogen-bond donors (Lipinski definition) is 0. The molecule has 130 valence electrons. The largest absolute Gasteiger partial charge is 0.493 e. The summed E-state index contributed by atoms with van der Waals surface area (Å²) in [6.45, 7) is 5.02. The molecule has 0 atom stereocenters. The normalized spacial score (nSPS) is 11.2. The fourth-order valence-electron chi connectivity index (χ4n) is 2.30. The van der Waals surface area contributed by atoms with Crippen molar-refractivity contribution in [3.63, 3.8) is 0 Å². The Morgan fingerprint density at radius 3 is 2.09 bits per heavy atom. The molecule has 0 N–H and O–H groups in total. The Hall–Kier alpha value is -1.47. The quantitative estimate of drug-likeness (QED) is 0.663. The first-order valence-corrected chi connectivity index (χ1v) is 9.56. The van der Waals surface area contributed by atoms with E-state index in [1.54, 1.807) is 11.0 Å². The van der Waals surface area contributed by atoms with Crippen LogP contribution in [0.25, 0.3) is 0 Å². The number of ether oxygens (including phenoxy) is 2. The third-order valence-corrected chi connectivity index (χ3v) is 4.96. The van der Waals surface area contributed by atoms with Gasteiger partial charge in [-0.15, -0.1) is 0 Å². The maximum Gasteiger partial charge on any atom is 0.261 e. The number of carbonyl (C=O) groups is 1. The van der Waals surface area contributed by atoms with Gasteiger partial charge >= 0.3 is 0 Å². The minimum absolute atomic E-state index is 0.0392. The Balaban J connectivity index is 3.16. The van der Waals surface area contributed by atoms with Gasteiger partial charge in [-0.25, -0.2) is 8.42 Å². The first-order valence-electron chi connectivity index (χ1n) is 7.25. The molecule has 0 radical (unpaired) electrons. The third-order valence-electron chi connectivity index (χ3n) is 3.55. The zero-order valence-electron chi connectivity index (χ0n) is 13.8.